The van der Waals surface area contributed by atoms with Crippen LogP contribution in [0.4, 0.5) is 0 Å². The molecule has 3 rings (SSSR count). The standard InChI is InChI=1S/C17H25NO/c1-2-12-5-3-6-13(11-12)19-17-8-4-7-14-15(17)9-10-16(14)18/h4,7-8,12-13,16H,2-3,5-6,9-11,18H2,1H3. The molecule has 1 aromatic rings. The molecule has 19 heavy (non-hydrogen) atoms. The lowest BCUT2D eigenvalue weighted by molar-refractivity contribution is 0.121. The predicted molar refractivity (Wildman–Crippen MR) is 78.4 cm³/mol. The maximum atomic E-state index is 6.32. The van der Waals surface area contributed by atoms with Crippen LogP contribution in [0.3, 0.4) is 0 Å². The number of fused-ring (bicyclic) bond motifs is 1. The number of ether oxygens (including phenoxy) is 1. The summed E-state index contributed by atoms with van der Waals surface area (Å²) >= 11 is 0. The van der Waals surface area contributed by atoms with Crippen LogP contribution in [0.1, 0.15) is 62.6 Å². The van der Waals surface area contributed by atoms with Crippen LogP contribution in [-0.4, -0.2) is 6.10 Å². The highest BCUT2D eigenvalue weighted by molar-refractivity contribution is 5.45. The van der Waals surface area contributed by atoms with Gasteiger partial charge in [0.1, 0.15) is 5.75 Å². The Morgan fingerprint density at radius 3 is 3.00 bits per heavy atom. The van der Waals surface area contributed by atoms with Gasteiger partial charge in [0.15, 0.2) is 0 Å². The molecule has 3 unspecified atom stereocenters. The number of hydrogen-bond donors (Lipinski definition) is 1. The van der Waals surface area contributed by atoms with E-state index >= 15 is 0 Å². The van der Waals surface area contributed by atoms with Gasteiger partial charge in [-0.3, -0.25) is 0 Å². The van der Waals surface area contributed by atoms with E-state index in [1.807, 2.05) is 0 Å². The van der Waals surface area contributed by atoms with Crippen molar-refractivity contribution in [3.8, 4) is 5.75 Å². The molecule has 1 aromatic carbocycles. The molecule has 0 heterocycles. The van der Waals surface area contributed by atoms with Crippen LogP contribution in [-0.2, 0) is 6.42 Å². The second-order valence-corrected chi connectivity index (χ2v) is 6.15. The molecule has 0 bridgehead atoms. The van der Waals surface area contributed by atoms with E-state index in [-0.39, 0.29) is 6.04 Å². The minimum atomic E-state index is 0.216. The van der Waals surface area contributed by atoms with Gasteiger partial charge in [0.2, 0.25) is 0 Å². The van der Waals surface area contributed by atoms with Gasteiger partial charge in [-0.2, -0.15) is 0 Å². The first kappa shape index (κ1) is 13.0. The lowest BCUT2D eigenvalue weighted by Crippen LogP contribution is -2.25. The summed E-state index contributed by atoms with van der Waals surface area (Å²) in [5, 5.41) is 0. The number of nitrogens with two attached hydrogens (primary N) is 1. The van der Waals surface area contributed by atoms with Crippen LogP contribution in [0.5, 0.6) is 5.75 Å². The van der Waals surface area contributed by atoms with Crippen LogP contribution < -0.4 is 10.5 Å². The maximum absolute atomic E-state index is 6.32. The van der Waals surface area contributed by atoms with Gasteiger partial charge in [-0.05, 0) is 55.2 Å². The zero-order valence-electron chi connectivity index (χ0n) is 11.9. The van der Waals surface area contributed by atoms with Crippen molar-refractivity contribution in [2.75, 3.05) is 0 Å². The Labute approximate surface area is 116 Å². The third-order valence-corrected chi connectivity index (χ3v) is 4.88. The second kappa shape index (κ2) is 5.54. The van der Waals surface area contributed by atoms with E-state index in [1.54, 1.807) is 0 Å². The molecule has 2 aliphatic carbocycles. The van der Waals surface area contributed by atoms with Crippen LogP contribution in [0.2, 0.25) is 0 Å². The Balaban J connectivity index is 1.73. The van der Waals surface area contributed by atoms with Crippen molar-refractivity contribution >= 4 is 0 Å². The Morgan fingerprint density at radius 1 is 1.26 bits per heavy atom. The monoisotopic (exact) mass is 259 g/mol. The number of hydrogen-bond acceptors (Lipinski definition) is 2. The Kier molecular flexibility index (Phi) is 3.79. The molecule has 0 aliphatic heterocycles. The number of rotatable bonds is 3. The van der Waals surface area contributed by atoms with E-state index in [0.29, 0.717) is 6.10 Å². The Morgan fingerprint density at radius 2 is 2.16 bits per heavy atom. The van der Waals surface area contributed by atoms with Gasteiger partial charge >= 0.3 is 0 Å². The molecule has 1 saturated carbocycles. The highest BCUT2D eigenvalue weighted by atomic mass is 16.5. The minimum absolute atomic E-state index is 0.216. The quantitative estimate of drug-likeness (QED) is 0.891. The molecule has 0 amide bonds. The van der Waals surface area contributed by atoms with E-state index in [2.05, 4.69) is 25.1 Å². The molecule has 2 heteroatoms. The zero-order valence-corrected chi connectivity index (χ0v) is 11.9. The molecule has 2 N–H and O–H groups in total. The van der Waals surface area contributed by atoms with Crippen molar-refractivity contribution in [2.45, 2.75) is 64.0 Å². The lowest BCUT2D eigenvalue weighted by Gasteiger charge is -2.29. The van der Waals surface area contributed by atoms with Crippen LogP contribution in [0.15, 0.2) is 18.2 Å². The van der Waals surface area contributed by atoms with Crippen molar-refractivity contribution in [3.05, 3.63) is 29.3 Å². The summed E-state index contributed by atoms with van der Waals surface area (Å²) in [4.78, 5) is 0. The van der Waals surface area contributed by atoms with Crippen LogP contribution in [0.25, 0.3) is 0 Å². The Hall–Kier alpha value is -1.02. The maximum Gasteiger partial charge on any atom is 0.123 e. The number of benzene rings is 1. The molecule has 0 saturated heterocycles. The third-order valence-electron chi connectivity index (χ3n) is 4.88. The first-order valence-electron chi connectivity index (χ1n) is 7.82. The van der Waals surface area contributed by atoms with E-state index in [1.165, 1.54) is 43.2 Å². The fourth-order valence-corrected chi connectivity index (χ4v) is 3.66. The molecule has 104 valence electrons. The molecule has 0 radical (unpaired) electrons. The SMILES string of the molecule is CCC1CCCC(Oc2cccc3c2CCC3N)C1. The van der Waals surface area contributed by atoms with Gasteiger partial charge in [0.25, 0.3) is 0 Å². The zero-order chi connectivity index (χ0) is 13.2. The van der Waals surface area contributed by atoms with E-state index in [4.69, 9.17) is 10.5 Å². The van der Waals surface area contributed by atoms with Crippen LogP contribution >= 0.6 is 0 Å². The topological polar surface area (TPSA) is 35.2 Å². The second-order valence-electron chi connectivity index (χ2n) is 6.15. The molecule has 2 nitrogen and oxygen atoms in total. The molecular formula is C17H25NO. The van der Waals surface area contributed by atoms with Gasteiger partial charge in [0.05, 0.1) is 6.10 Å². The van der Waals surface area contributed by atoms with E-state index in [9.17, 15) is 0 Å². The van der Waals surface area contributed by atoms with Crippen LogP contribution in [0, 0.1) is 5.92 Å². The van der Waals surface area contributed by atoms with Crippen molar-refractivity contribution < 1.29 is 4.74 Å². The fraction of sp³-hybridized carbons (Fsp3) is 0.647. The van der Waals surface area contributed by atoms with Crippen molar-refractivity contribution in [2.24, 2.45) is 11.7 Å². The average Bonchev–Trinajstić information content (AvgIpc) is 2.82. The van der Waals surface area contributed by atoms with Gasteiger partial charge < -0.3 is 10.5 Å². The largest absolute Gasteiger partial charge is 0.490 e. The van der Waals surface area contributed by atoms with Gasteiger partial charge in [-0.1, -0.05) is 31.9 Å². The summed E-state index contributed by atoms with van der Waals surface area (Å²) < 4.78 is 6.32. The summed E-state index contributed by atoms with van der Waals surface area (Å²) in [6, 6.07) is 6.61. The predicted octanol–water partition coefficient (Wildman–Crippen LogP) is 3.98. The molecule has 2 aliphatic rings. The van der Waals surface area contributed by atoms with E-state index < -0.39 is 0 Å². The van der Waals surface area contributed by atoms with Gasteiger partial charge in [0, 0.05) is 6.04 Å². The molecule has 1 fully saturated rings. The minimum Gasteiger partial charge on any atom is -0.490 e. The van der Waals surface area contributed by atoms with Crippen molar-refractivity contribution in [1.29, 1.82) is 0 Å². The normalized spacial score (nSPS) is 30.1. The summed E-state index contributed by atoms with van der Waals surface area (Å²) in [5.74, 6) is 1.96. The molecule has 0 aromatic heterocycles. The summed E-state index contributed by atoms with van der Waals surface area (Å²) in [6.45, 7) is 2.30. The van der Waals surface area contributed by atoms with Crippen molar-refractivity contribution in [1.82, 2.24) is 0 Å². The van der Waals surface area contributed by atoms with Gasteiger partial charge in [-0.15, -0.1) is 0 Å². The van der Waals surface area contributed by atoms with Crippen molar-refractivity contribution in [3.63, 3.8) is 0 Å². The first-order chi connectivity index (χ1) is 9.28. The first-order valence-corrected chi connectivity index (χ1v) is 7.82. The smallest absolute Gasteiger partial charge is 0.123 e. The molecule has 0 spiro atoms. The summed E-state index contributed by atoms with van der Waals surface area (Å²) in [7, 11) is 0. The van der Waals surface area contributed by atoms with Gasteiger partial charge in [-0.25, -0.2) is 0 Å². The highest BCUT2D eigenvalue weighted by Gasteiger charge is 2.26. The molecule has 3 atom stereocenters. The highest BCUT2D eigenvalue weighted by Crippen LogP contribution is 2.37. The average molecular weight is 259 g/mol. The fourth-order valence-electron chi connectivity index (χ4n) is 3.66. The summed E-state index contributed by atoms with van der Waals surface area (Å²) in [5.41, 5.74) is 8.81. The Bertz CT molecular complexity index is 443. The molecular weight excluding hydrogens is 234 g/mol. The third kappa shape index (κ3) is 2.64. The van der Waals surface area contributed by atoms with E-state index in [0.717, 1.165) is 24.5 Å². The lowest BCUT2D eigenvalue weighted by atomic mass is 9.85. The summed E-state index contributed by atoms with van der Waals surface area (Å²) in [6.07, 6.45) is 9.00.